The third kappa shape index (κ3) is 1.66. The summed E-state index contributed by atoms with van der Waals surface area (Å²) < 4.78 is 0. The average Bonchev–Trinajstić information content (AvgIpc) is 2.77. The van der Waals surface area contributed by atoms with Crippen LogP contribution in [0.4, 0.5) is 0 Å². The summed E-state index contributed by atoms with van der Waals surface area (Å²) in [6.45, 7) is 2.17. The van der Waals surface area contributed by atoms with E-state index in [1.165, 1.54) is 34.7 Å². The molecular weight excluding hydrogens is 206 g/mol. The van der Waals surface area contributed by atoms with Gasteiger partial charge in [0.2, 0.25) is 0 Å². The number of rotatable bonds is 1. The summed E-state index contributed by atoms with van der Waals surface area (Å²) in [6.07, 6.45) is 4.78. The minimum Gasteiger partial charge on any atom is -0.321 e. The maximum Gasteiger partial charge on any atom is 0.0415 e. The van der Waals surface area contributed by atoms with E-state index in [0.717, 1.165) is 12.8 Å². The summed E-state index contributed by atoms with van der Waals surface area (Å²) in [5.74, 6) is 0. The Morgan fingerprint density at radius 3 is 2.35 bits per heavy atom. The predicted molar refractivity (Wildman–Crippen MR) is 73.0 cm³/mol. The Hall–Kier alpha value is -1.34. The molecule has 0 bridgehead atoms. The molecule has 1 aliphatic carbocycles. The van der Waals surface area contributed by atoms with Crippen molar-refractivity contribution in [1.82, 2.24) is 0 Å². The van der Waals surface area contributed by atoms with Gasteiger partial charge in [0.05, 0.1) is 0 Å². The molecule has 0 aliphatic heterocycles. The van der Waals surface area contributed by atoms with Crippen LogP contribution in [0.3, 0.4) is 0 Å². The molecule has 0 heterocycles. The van der Waals surface area contributed by atoms with Crippen molar-refractivity contribution in [2.24, 2.45) is 5.73 Å². The molecule has 0 spiro atoms. The van der Waals surface area contributed by atoms with E-state index in [2.05, 4.69) is 43.3 Å². The van der Waals surface area contributed by atoms with Gasteiger partial charge in [0.25, 0.3) is 0 Å². The van der Waals surface area contributed by atoms with Gasteiger partial charge in [-0.05, 0) is 41.7 Å². The van der Waals surface area contributed by atoms with E-state index >= 15 is 0 Å². The van der Waals surface area contributed by atoms with E-state index < -0.39 is 0 Å². The minimum absolute atomic E-state index is 0.0900. The first kappa shape index (κ1) is 10.8. The molecule has 0 atom stereocenters. The zero-order valence-electron chi connectivity index (χ0n) is 10.4. The molecule has 0 saturated heterocycles. The van der Waals surface area contributed by atoms with Crippen molar-refractivity contribution in [2.75, 3.05) is 0 Å². The Balaban J connectivity index is 2.26. The second kappa shape index (κ2) is 3.85. The number of nitrogens with two attached hydrogens (primary N) is 1. The fourth-order valence-corrected chi connectivity index (χ4v) is 3.18. The van der Waals surface area contributed by atoms with Gasteiger partial charge in [0, 0.05) is 5.54 Å². The Morgan fingerprint density at radius 1 is 0.941 bits per heavy atom. The number of aryl methyl sites for hydroxylation is 1. The number of benzene rings is 2. The molecule has 88 valence electrons. The molecule has 1 saturated carbocycles. The van der Waals surface area contributed by atoms with Gasteiger partial charge in [-0.2, -0.15) is 0 Å². The lowest BCUT2D eigenvalue weighted by atomic mass is 9.85. The van der Waals surface area contributed by atoms with Crippen LogP contribution >= 0.6 is 0 Å². The lowest BCUT2D eigenvalue weighted by Crippen LogP contribution is -2.33. The van der Waals surface area contributed by atoms with Gasteiger partial charge in [-0.1, -0.05) is 49.2 Å². The van der Waals surface area contributed by atoms with Crippen molar-refractivity contribution in [1.29, 1.82) is 0 Å². The standard InChI is InChI=1S/C16H19N/c1-12-6-4-8-14-13(12)7-5-9-15(14)16(17)10-2-3-11-16/h4-9H,2-3,10-11,17H2,1H3. The van der Waals surface area contributed by atoms with Gasteiger partial charge in [-0.15, -0.1) is 0 Å². The summed E-state index contributed by atoms with van der Waals surface area (Å²) in [7, 11) is 0. The van der Waals surface area contributed by atoms with Crippen molar-refractivity contribution in [3.63, 3.8) is 0 Å². The third-order valence-electron chi connectivity index (χ3n) is 4.17. The Kier molecular flexibility index (Phi) is 2.44. The van der Waals surface area contributed by atoms with Crippen LogP contribution in [0.5, 0.6) is 0 Å². The highest BCUT2D eigenvalue weighted by molar-refractivity contribution is 5.89. The first-order chi connectivity index (χ1) is 8.21. The molecule has 1 heteroatoms. The molecule has 3 rings (SSSR count). The lowest BCUT2D eigenvalue weighted by molar-refractivity contribution is 0.466. The van der Waals surface area contributed by atoms with Crippen molar-refractivity contribution >= 4 is 10.8 Å². The molecule has 1 fully saturated rings. The number of hydrogen-bond acceptors (Lipinski definition) is 1. The summed E-state index contributed by atoms with van der Waals surface area (Å²) >= 11 is 0. The fourth-order valence-electron chi connectivity index (χ4n) is 3.18. The second-order valence-corrected chi connectivity index (χ2v) is 5.34. The normalized spacial score (nSPS) is 18.7. The van der Waals surface area contributed by atoms with Crippen LogP contribution in [0.15, 0.2) is 36.4 Å². The highest BCUT2D eigenvalue weighted by Crippen LogP contribution is 2.39. The van der Waals surface area contributed by atoms with Crippen LogP contribution in [0.2, 0.25) is 0 Å². The van der Waals surface area contributed by atoms with E-state index in [1.807, 2.05) is 0 Å². The number of hydrogen-bond donors (Lipinski definition) is 1. The van der Waals surface area contributed by atoms with E-state index in [-0.39, 0.29) is 5.54 Å². The zero-order valence-corrected chi connectivity index (χ0v) is 10.4. The van der Waals surface area contributed by atoms with Gasteiger partial charge in [-0.3, -0.25) is 0 Å². The van der Waals surface area contributed by atoms with Crippen LogP contribution in [0.25, 0.3) is 10.8 Å². The molecule has 2 N–H and O–H groups in total. The van der Waals surface area contributed by atoms with Crippen LogP contribution in [0.1, 0.15) is 36.8 Å². The molecule has 2 aromatic carbocycles. The fraction of sp³-hybridized carbons (Fsp3) is 0.375. The first-order valence-corrected chi connectivity index (χ1v) is 6.48. The van der Waals surface area contributed by atoms with Crippen LogP contribution in [0, 0.1) is 6.92 Å². The van der Waals surface area contributed by atoms with E-state index in [1.54, 1.807) is 0 Å². The first-order valence-electron chi connectivity index (χ1n) is 6.48. The van der Waals surface area contributed by atoms with Crippen LogP contribution in [-0.2, 0) is 5.54 Å². The maximum absolute atomic E-state index is 6.60. The predicted octanol–water partition coefficient (Wildman–Crippen LogP) is 3.88. The molecular formula is C16H19N. The van der Waals surface area contributed by atoms with Crippen molar-refractivity contribution in [3.8, 4) is 0 Å². The molecule has 0 amide bonds. The van der Waals surface area contributed by atoms with E-state index in [9.17, 15) is 0 Å². The Morgan fingerprint density at radius 2 is 1.59 bits per heavy atom. The minimum atomic E-state index is -0.0900. The van der Waals surface area contributed by atoms with E-state index in [0.29, 0.717) is 0 Å². The van der Waals surface area contributed by atoms with Gasteiger partial charge in [0.15, 0.2) is 0 Å². The molecule has 1 nitrogen and oxygen atoms in total. The zero-order chi connectivity index (χ0) is 11.9. The highest BCUT2D eigenvalue weighted by atomic mass is 14.8. The largest absolute Gasteiger partial charge is 0.321 e. The summed E-state index contributed by atoms with van der Waals surface area (Å²) in [5.41, 5.74) is 9.19. The van der Waals surface area contributed by atoms with Gasteiger partial charge in [0.1, 0.15) is 0 Å². The number of fused-ring (bicyclic) bond motifs is 1. The quantitative estimate of drug-likeness (QED) is 0.783. The van der Waals surface area contributed by atoms with Gasteiger partial charge >= 0.3 is 0 Å². The van der Waals surface area contributed by atoms with E-state index in [4.69, 9.17) is 5.73 Å². The van der Waals surface area contributed by atoms with Crippen LogP contribution < -0.4 is 5.73 Å². The molecule has 0 aromatic heterocycles. The van der Waals surface area contributed by atoms with Crippen molar-refractivity contribution in [2.45, 2.75) is 38.1 Å². The SMILES string of the molecule is Cc1cccc2c(C3(N)CCCC3)cccc12. The van der Waals surface area contributed by atoms with Gasteiger partial charge in [-0.25, -0.2) is 0 Å². The molecule has 0 radical (unpaired) electrons. The van der Waals surface area contributed by atoms with Crippen molar-refractivity contribution in [3.05, 3.63) is 47.5 Å². The molecule has 2 aromatic rings. The molecule has 1 aliphatic rings. The summed E-state index contributed by atoms with van der Waals surface area (Å²) in [4.78, 5) is 0. The highest BCUT2D eigenvalue weighted by Gasteiger charge is 2.32. The smallest absolute Gasteiger partial charge is 0.0415 e. The average molecular weight is 225 g/mol. The monoisotopic (exact) mass is 225 g/mol. The maximum atomic E-state index is 6.60. The second-order valence-electron chi connectivity index (χ2n) is 5.34. The summed E-state index contributed by atoms with van der Waals surface area (Å²) in [6, 6.07) is 13.1. The Labute approximate surface area is 103 Å². The van der Waals surface area contributed by atoms with Gasteiger partial charge < -0.3 is 5.73 Å². The van der Waals surface area contributed by atoms with Crippen molar-refractivity contribution < 1.29 is 0 Å². The topological polar surface area (TPSA) is 26.0 Å². The Bertz CT molecular complexity index is 550. The lowest BCUT2D eigenvalue weighted by Gasteiger charge is -2.26. The van der Waals surface area contributed by atoms with Crippen LogP contribution in [-0.4, -0.2) is 0 Å². The molecule has 17 heavy (non-hydrogen) atoms. The third-order valence-corrected chi connectivity index (χ3v) is 4.17. The summed E-state index contributed by atoms with van der Waals surface area (Å²) in [5, 5.41) is 2.69. The molecule has 0 unspecified atom stereocenters.